The Balaban J connectivity index is -0.0000000530. The number of halogens is 6. The second-order valence-corrected chi connectivity index (χ2v) is 12.8. The molecule has 0 N–H and O–H groups in total. The summed E-state index contributed by atoms with van der Waals surface area (Å²) in [4.78, 5) is 28.8. The minimum atomic E-state index is -5.24. The molecule has 0 saturated carbocycles. The molecule has 0 radical (unpaired) electrons. The monoisotopic (exact) mass is 640 g/mol. The molecule has 0 aromatic rings. The molecule has 0 aliphatic carbocycles. The van der Waals surface area contributed by atoms with E-state index in [1.54, 1.807) is 21.1 Å². The fourth-order valence-corrected chi connectivity index (χ4v) is 0.161. The van der Waals surface area contributed by atoms with Crippen LogP contribution in [0.15, 0.2) is 0 Å². The van der Waals surface area contributed by atoms with Crippen molar-refractivity contribution >= 4 is 27.4 Å². The average molecular weight is 641 g/mol. The molecule has 14 heteroatoms. The highest BCUT2D eigenvalue weighted by Crippen LogP contribution is 2.49. The summed E-state index contributed by atoms with van der Waals surface area (Å²) in [6.45, 7) is 21.1. The van der Waals surface area contributed by atoms with E-state index in [1.807, 2.05) is 6.92 Å². The van der Waals surface area contributed by atoms with Crippen molar-refractivity contribution in [3.05, 3.63) is 0 Å². The fraction of sp³-hybridized carbons (Fsp3) is 0.889. The van der Waals surface area contributed by atoms with Crippen LogP contribution in [0.2, 0.25) is 0 Å². The van der Waals surface area contributed by atoms with Crippen molar-refractivity contribution in [2.45, 2.75) is 115 Å². The van der Waals surface area contributed by atoms with Gasteiger partial charge in [0.1, 0.15) is 21.4 Å². The van der Waals surface area contributed by atoms with Crippen LogP contribution in [0.5, 0.6) is 0 Å². The largest absolute Gasteiger partial charge is 0.469 e. The molecule has 0 bridgehead atoms. The third-order valence-electron chi connectivity index (χ3n) is 2.20. The second-order valence-electron chi connectivity index (χ2n) is 10.5. The minimum Gasteiger partial charge on any atom is -0.469 e. The zero-order chi connectivity index (χ0) is 36.1. The highest BCUT2D eigenvalue weighted by atomic mass is 32.2. The highest BCUT2D eigenvalue weighted by molar-refractivity contribution is 7.89. The van der Waals surface area contributed by atoms with Crippen LogP contribution in [-0.4, -0.2) is 72.1 Å². The van der Waals surface area contributed by atoms with Gasteiger partial charge in [0.2, 0.25) is 0 Å². The minimum absolute atomic E-state index is 0.104. The number of Topliss-reactive ketones (excluding diaryl/α,β-unsaturated/α-hetero) is 2. The van der Waals surface area contributed by atoms with E-state index in [-0.39, 0.29) is 31.4 Å². The van der Waals surface area contributed by atoms with E-state index in [0.717, 1.165) is 12.5 Å². The Morgan fingerprint density at radius 1 is 0.659 bits per heavy atom. The molecule has 41 heavy (non-hydrogen) atoms. The molecule has 0 aromatic carbocycles. The molecular formula is C27H58F6O7S. The van der Waals surface area contributed by atoms with Crippen molar-refractivity contribution in [1.82, 2.24) is 0 Å². The van der Waals surface area contributed by atoms with Gasteiger partial charge in [-0.3, -0.25) is 4.79 Å². The zero-order valence-corrected chi connectivity index (χ0v) is 29.3. The Morgan fingerprint density at radius 2 is 0.756 bits per heavy atom. The molecule has 0 amide bonds. The van der Waals surface area contributed by atoms with Gasteiger partial charge in [0.15, 0.2) is 5.41 Å². The van der Waals surface area contributed by atoms with E-state index in [2.05, 4.69) is 51.0 Å². The first-order chi connectivity index (χ1) is 17.6. The van der Waals surface area contributed by atoms with Crippen molar-refractivity contribution in [2.24, 2.45) is 10.8 Å². The third kappa shape index (κ3) is 122. The van der Waals surface area contributed by atoms with E-state index in [9.17, 15) is 49.1 Å². The van der Waals surface area contributed by atoms with Crippen LogP contribution >= 0.6 is 0 Å². The van der Waals surface area contributed by atoms with E-state index in [1.165, 1.54) is 34.3 Å². The molecule has 0 aliphatic rings. The molecule has 256 valence electrons. The number of hydrogen-bond acceptors (Lipinski definition) is 7. The number of ketones is 2. The standard InChI is InChI=1S/C5H6F6.C5H12.C4H8O.C3H6O2.C3H6O.C3H8.C2H6O2S.C2H6O/c1-3(2,4(6,7)8)5(9,10)11;1-5(2,3)4;1-3-4(2)5;1-3(4)5-2;1-3(2)4;1-3-2;1-5(2,3)4;1-3-2/h1-2H3;1-4H3;3H2,1-2H3;1-2H3;1-2H3;3H2,1-2H3;1-2H3;1-2H3. The summed E-state index contributed by atoms with van der Waals surface area (Å²) in [5.41, 5.74) is -3.12. The Bertz CT molecular complexity index is 659. The van der Waals surface area contributed by atoms with Crippen molar-refractivity contribution in [3.63, 3.8) is 0 Å². The van der Waals surface area contributed by atoms with Crippen molar-refractivity contribution in [2.75, 3.05) is 33.8 Å². The van der Waals surface area contributed by atoms with Gasteiger partial charge in [0, 0.05) is 40.1 Å². The number of alkyl halides is 6. The molecule has 7 nitrogen and oxygen atoms in total. The summed E-state index contributed by atoms with van der Waals surface area (Å²) < 4.78 is 97.3. The van der Waals surface area contributed by atoms with Crippen molar-refractivity contribution in [1.29, 1.82) is 0 Å². The van der Waals surface area contributed by atoms with Crippen LogP contribution in [0.25, 0.3) is 0 Å². The number of sulfone groups is 1. The van der Waals surface area contributed by atoms with E-state index in [0.29, 0.717) is 11.8 Å². The second kappa shape index (κ2) is 31.2. The lowest BCUT2D eigenvalue weighted by atomic mass is 9.92. The Labute approximate surface area is 246 Å². The number of esters is 1. The highest BCUT2D eigenvalue weighted by Gasteiger charge is 2.64. The third-order valence-corrected chi connectivity index (χ3v) is 2.20. The van der Waals surface area contributed by atoms with E-state index in [4.69, 9.17) is 0 Å². The summed E-state index contributed by atoms with van der Waals surface area (Å²) in [5.74, 6) is 0.176. The number of carbonyl (C=O) groups excluding carboxylic acids is 3. The molecule has 0 atom stereocenters. The molecule has 0 unspecified atom stereocenters. The molecule has 0 spiro atoms. The Kier molecular flexibility index (Phi) is 44.8. The smallest absolute Gasteiger partial charge is 0.402 e. The SMILES string of the molecule is CC(C)(C(F)(F)F)C(F)(F)F.CC(C)(C)C.CC(C)=O.CCC.CCC(C)=O.COC.COC(C)=O.CS(C)(=O)=O. The first kappa shape index (κ1) is 58.8. The molecular weight excluding hydrogens is 582 g/mol. The predicted octanol–water partition coefficient (Wildman–Crippen LogP) is 8.29. The molecule has 0 aliphatic heterocycles. The molecule has 0 aromatic heterocycles. The summed E-state index contributed by atoms with van der Waals surface area (Å²) in [5, 5.41) is 0. The topological polar surface area (TPSA) is 104 Å². The van der Waals surface area contributed by atoms with Gasteiger partial charge in [-0.25, -0.2) is 8.42 Å². The Hall–Kier alpha value is -1.70. The van der Waals surface area contributed by atoms with Crippen LogP contribution in [0.4, 0.5) is 26.3 Å². The predicted molar refractivity (Wildman–Crippen MR) is 156 cm³/mol. The summed E-state index contributed by atoms with van der Waals surface area (Å²) in [6.07, 6.45) is -6.25. The lowest BCUT2D eigenvalue weighted by Gasteiger charge is -2.29. The maximum atomic E-state index is 11.6. The van der Waals surface area contributed by atoms with Gasteiger partial charge >= 0.3 is 18.3 Å². The number of carbonyl (C=O) groups is 3. The van der Waals surface area contributed by atoms with Gasteiger partial charge in [-0.1, -0.05) is 54.9 Å². The van der Waals surface area contributed by atoms with Crippen LogP contribution in [0, 0.1) is 10.8 Å². The first-order valence-electron chi connectivity index (χ1n) is 12.3. The average Bonchev–Trinajstić information content (AvgIpc) is 2.65. The molecule has 0 heterocycles. The summed E-state index contributed by atoms with van der Waals surface area (Å²) in [6, 6.07) is 0. The van der Waals surface area contributed by atoms with Crippen LogP contribution in [-0.2, 0) is 33.7 Å². The van der Waals surface area contributed by atoms with Crippen LogP contribution in [0.1, 0.15) is 103 Å². The quantitative estimate of drug-likeness (QED) is 0.210. The van der Waals surface area contributed by atoms with Crippen molar-refractivity contribution in [3.8, 4) is 0 Å². The first-order valence-corrected chi connectivity index (χ1v) is 14.6. The zero-order valence-electron chi connectivity index (χ0n) is 28.4. The van der Waals surface area contributed by atoms with Gasteiger partial charge in [-0.15, -0.1) is 0 Å². The van der Waals surface area contributed by atoms with Gasteiger partial charge < -0.3 is 19.1 Å². The van der Waals surface area contributed by atoms with Gasteiger partial charge in [0.05, 0.1) is 7.11 Å². The van der Waals surface area contributed by atoms with Gasteiger partial charge in [-0.2, -0.15) is 26.3 Å². The lowest BCUT2D eigenvalue weighted by molar-refractivity contribution is -0.327. The fourth-order valence-electron chi connectivity index (χ4n) is 0.161. The number of rotatable bonds is 1. The lowest BCUT2D eigenvalue weighted by Crippen LogP contribution is -2.44. The van der Waals surface area contributed by atoms with Crippen LogP contribution in [0.3, 0.4) is 0 Å². The van der Waals surface area contributed by atoms with Gasteiger partial charge in [0.25, 0.3) is 0 Å². The number of hydrogen-bond donors (Lipinski definition) is 0. The molecule has 0 saturated heterocycles. The molecule has 0 fully saturated rings. The summed E-state index contributed by atoms with van der Waals surface area (Å²) >= 11 is 0. The van der Waals surface area contributed by atoms with E-state index < -0.39 is 27.6 Å². The molecule has 0 rings (SSSR count). The number of methoxy groups -OCH3 is 2. The van der Waals surface area contributed by atoms with Gasteiger partial charge in [-0.05, 0) is 40.0 Å². The Morgan fingerprint density at radius 3 is 0.756 bits per heavy atom. The summed E-state index contributed by atoms with van der Waals surface area (Å²) in [7, 11) is 1.93. The number of ether oxygens (including phenoxy) is 2. The maximum Gasteiger partial charge on any atom is 0.402 e. The maximum absolute atomic E-state index is 11.6. The van der Waals surface area contributed by atoms with Crippen LogP contribution < -0.4 is 0 Å². The normalized spacial score (nSPS) is 10.2. The van der Waals surface area contributed by atoms with E-state index >= 15 is 0 Å². The van der Waals surface area contributed by atoms with Crippen molar-refractivity contribution < 1.29 is 58.6 Å².